The van der Waals surface area contributed by atoms with E-state index in [0.29, 0.717) is 25.5 Å². The molecule has 7 heteroatoms. The first-order valence-electron chi connectivity index (χ1n) is 8.66. The number of hydrogen-bond acceptors (Lipinski definition) is 5. The van der Waals surface area contributed by atoms with Crippen molar-refractivity contribution in [1.82, 2.24) is 5.32 Å². The highest BCUT2D eigenvalue weighted by Crippen LogP contribution is 2.34. The summed E-state index contributed by atoms with van der Waals surface area (Å²) in [5.41, 5.74) is 0.827. The Morgan fingerprint density at radius 2 is 2.04 bits per heavy atom. The third-order valence-corrected chi connectivity index (χ3v) is 4.93. The maximum Gasteiger partial charge on any atom is 0.244 e. The number of fused-ring (bicyclic) bond motifs is 1. The first kappa shape index (κ1) is 20.6. The van der Waals surface area contributed by atoms with E-state index in [4.69, 9.17) is 9.47 Å². The molecule has 0 saturated carbocycles. The summed E-state index contributed by atoms with van der Waals surface area (Å²) >= 11 is 1.65. The monoisotopic (exact) mass is 396 g/mol. The zero-order valence-corrected chi connectivity index (χ0v) is 16.7. The molecule has 1 aliphatic rings. The van der Waals surface area contributed by atoms with Crippen LogP contribution in [0, 0.1) is 0 Å². The molecule has 1 amide bonds. The van der Waals surface area contributed by atoms with Crippen molar-refractivity contribution in [1.29, 1.82) is 0 Å². The summed E-state index contributed by atoms with van der Waals surface area (Å²) in [5.74, 6) is 1.48. The summed E-state index contributed by atoms with van der Waals surface area (Å²) in [6.45, 7) is 6.47. The molecule has 0 bridgehead atoms. The van der Waals surface area contributed by atoms with Gasteiger partial charge in [-0.25, -0.2) is 0 Å². The molecule has 1 atom stereocenters. The van der Waals surface area contributed by atoms with E-state index in [1.807, 2.05) is 47.5 Å². The summed E-state index contributed by atoms with van der Waals surface area (Å²) in [5, 5.41) is 5.31. The second kappa shape index (κ2) is 9.80. The van der Waals surface area contributed by atoms with Gasteiger partial charge in [-0.1, -0.05) is 13.0 Å². The number of anilines is 1. The van der Waals surface area contributed by atoms with Crippen molar-refractivity contribution in [3.8, 4) is 11.5 Å². The molecule has 0 saturated heterocycles. The van der Waals surface area contributed by atoms with Crippen LogP contribution in [0.1, 0.15) is 25.1 Å². The van der Waals surface area contributed by atoms with Gasteiger partial charge in [0.15, 0.2) is 11.5 Å². The lowest BCUT2D eigenvalue weighted by atomic mass is 10.2. The third kappa shape index (κ3) is 4.90. The quantitative estimate of drug-likeness (QED) is 0.772. The van der Waals surface area contributed by atoms with Gasteiger partial charge in [0.25, 0.3) is 0 Å². The topological polar surface area (TPSA) is 50.8 Å². The Balaban J connectivity index is 0.00000243. The van der Waals surface area contributed by atoms with Crippen LogP contribution in [0.3, 0.4) is 0 Å². The Labute approximate surface area is 164 Å². The number of amides is 1. The Bertz CT molecular complexity index is 709. The largest absolute Gasteiger partial charge is 0.486 e. The lowest BCUT2D eigenvalue weighted by molar-refractivity contribution is -0.120. The summed E-state index contributed by atoms with van der Waals surface area (Å²) in [7, 11) is 0. The highest BCUT2D eigenvalue weighted by Gasteiger charge is 2.24. The minimum Gasteiger partial charge on any atom is -0.486 e. The van der Waals surface area contributed by atoms with E-state index in [9.17, 15) is 4.79 Å². The molecule has 1 N–H and O–H groups in total. The van der Waals surface area contributed by atoms with Gasteiger partial charge in [0, 0.05) is 16.6 Å². The fourth-order valence-electron chi connectivity index (χ4n) is 2.74. The number of thiophene rings is 1. The van der Waals surface area contributed by atoms with Gasteiger partial charge in [0.05, 0.1) is 12.6 Å². The van der Waals surface area contributed by atoms with Crippen LogP contribution in [0.5, 0.6) is 11.5 Å². The summed E-state index contributed by atoms with van der Waals surface area (Å²) in [4.78, 5) is 16.0. The van der Waals surface area contributed by atoms with Gasteiger partial charge < -0.3 is 19.7 Å². The number of halogens is 1. The van der Waals surface area contributed by atoms with Gasteiger partial charge in [-0.3, -0.25) is 4.79 Å². The van der Waals surface area contributed by atoms with Gasteiger partial charge >= 0.3 is 0 Å². The van der Waals surface area contributed by atoms with Crippen LogP contribution in [-0.2, 0) is 11.3 Å². The Kier molecular flexibility index (Phi) is 7.75. The Morgan fingerprint density at radius 1 is 1.27 bits per heavy atom. The van der Waals surface area contributed by atoms with E-state index >= 15 is 0 Å². The molecule has 1 aromatic heterocycles. The Morgan fingerprint density at radius 3 is 2.73 bits per heavy atom. The summed E-state index contributed by atoms with van der Waals surface area (Å²) < 4.78 is 11.3. The lowest BCUT2D eigenvalue weighted by Gasteiger charge is -2.27. The van der Waals surface area contributed by atoms with Gasteiger partial charge in [0.2, 0.25) is 5.91 Å². The molecule has 2 heterocycles. The van der Waals surface area contributed by atoms with E-state index in [-0.39, 0.29) is 24.4 Å². The molecule has 0 aliphatic carbocycles. The number of nitrogens with zero attached hydrogens (tertiary/aromatic N) is 1. The van der Waals surface area contributed by atoms with Gasteiger partial charge in [0.1, 0.15) is 13.2 Å². The maximum absolute atomic E-state index is 13.0. The molecule has 0 radical (unpaired) electrons. The fraction of sp³-hybridized carbons (Fsp3) is 0.421. The van der Waals surface area contributed by atoms with Crippen LogP contribution in [0.2, 0.25) is 0 Å². The number of ether oxygens (including phenoxy) is 2. The number of benzene rings is 1. The van der Waals surface area contributed by atoms with E-state index in [0.717, 1.165) is 29.3 Å². The summed E-state index contributed by atoms with van der Waals surface area (Å²) in [6.07, 6.45) is 0.993. The number of carbonyl (C=O) groups excluding carboxylic acids is 1. The molecular weight excluding hydrogens is 372 g/mol. The summed E-state index contributed by atoms with van der Waals surface area (Å²) in [6, 6.07) is 9.51. The Hall–Kier alpha value is -1.76. The van der Waals surface area contributed by atoms with Crippen molar-refractivity contribution in [2.45, 2.75) is 32.9 Å². The first-order valence-corrected chi connectivity index (χ1v) is 9.53. The second-order valence-electron chi connectivity index (χ2n) is 6.01. The van der Waals surface area contributed by atoms with Crippen molar-refractivity contribution < 1.29 is 14.3 Å². The van der Waals surface area contributed by atoms with Crippen LogP contribution in [-0.4, -0.2) is 31.7 Å². The molecule has 2 aromatic rings. The van der Waals surface area contributed by atoms with Crippen molar-refractivity contribution in [2.75, 3.05) is 24.7 Å². The third-order valence-electron chi connectivity index (χ3n) is 4.07. The van der Waals surface area contributed by atoms with E-state index in [2.05, 4.69) is 12.2 Å². The van der Waals surface area contributed by atoms with Crippen LogP contribution < -0.4 is 19.7 Å². The fourth-order valence-corrected chi connectivity index (χ4v) is 3.43. The molecule has 142 valence electrons. The second-order valence-corrected chi connectivity index (χ2v) is 7.04. The molecule has 1 aliphatic heterocycles. The minimum absolute atomic E-state index is 0. The van der Waals surface area contributed by atoms with Crippen molar-refractivity contribution in [3.63, 3.8) is 0 Å². The van der Waals surface area contributed by atoms with Gasteiger partial charge in [-0.05, 0) is 43.5 Å². The first-order chi connectivity index (χ1) is 12.2. The number of carbonyl (C=O) groups is 1. The maximum atomic E-state index is 13.0. The van der Waals surface area contributed by atoms with Crippen LogP contribution in [0.4, 0.5) is 5.69 Å². The van der Waals surface area contributed by atoms with Crippen LogP contribution in [0.15, 0.2) is 35.7 Å². The average Bonchev–Trinajstić information content (AvgIpc) is 3.16. The normalized spacial score (nSPS) is 13.6. The molecule has 3 rings (SSSR count). The van der Waals surface area contributed by atoms with Gasteiger partial charge in [-0.2, -0.15) is 0 Å². The van der Waals surface area contributed by atoms with Crippen LogP contribution >= 0.6 is 23.7 Å². The molecule has 0 fully saturated rings. The molecular formula is C19H25ClN2O3S. The molecule has 5 nitrogen and oxygen atoms in total. The standard InChI is InChI=1S/C19H24N2O3S.ClH/c1-3-8-20-14(2)19(22)21(13-16-5-4-11-25-16)15-6-7-17-18(12-15)24-10-9-23-17;/h4-7,11-12,14,20H,3,8-10,13H2,1-2H3;1H. The van der Waals surface area contributed by atoms with E-state index < -0.39 is 0 Å². The highest BCUT2D eigenvalue weighted by atomic mass is 35.5. The number of hydrogen-bond donors (Lipinski definition) is 1. The highest BCUT2D eigenvalue weighted by molar-refractivity contribution is 7.09. The molecule has 0 spiro atoms. The van der Waals surface area contributed by atoms with Crippen LogP contribution in [0.25, 0.3) is 0 Å². The van der Waals surface area contributed by atoms with Gasteiger partial charge in [-0.15, -0.1) is 23.7 Å². The predicted molar refractivity (Wildman–Crippen MR) is 108 cm³/mol. The average molecular weight is 397 g/mol. The van der Waals surface area contributed by atoms with Crippen molar-refractivity contribution in [3.05, 3.63) is 40.6 Å². The number of nitrogens with one attached hydrogen (secondary N) is 1. The predicted octanol–water partition coefficient (Wildman–Crippen LogP) is 3.86. The SMILES string of the molecule is CCCNC(C)C(=O)N(Cc1cccs1)c1ccc2c(c1)OCCO2.Cl. The van der Waals surface area contributed by atoms with E-state index in [1.54, 1.807) is 11.3 Å². The molecule has 26 heavy (non-hydrogen) atoms. The van der Waals surface area contributed by atoms with E-state index in [1.165, 1.54) is 0 Å². The molecule has 1 unspecified atom stereocenters. The minimum atomic E-state index is -0.242. The zero-order valence-electron chi connectivity index (χ0n) is 15.1. The van der Waals surface area contributed by atoms with Crippen molar-refractivity contribution >= 4 is 35.3 Å². The zero-order chi connectivity index (χ0) is 17.6. The molecule has 1 aromatic carbocycles. The number of rotatable bonds is 7. The van der Waals surface area contributed by atoms with Crippen molar-refractivity contribution in [2.24, 2.45) is 0 Å². The smallest absolute Gasteiger partial charge is 0.244 e. The lowest BCUT2D eigenvalue weighted by Crippen LogP contribution is -2.45.